The van der Waals surface area contributed by atoms with Crippen LogP contribution in [0, 0.1) is 0 Å². The van der Waals surface area contributed by atoms with Gasteiger partial charge in [-0.15, -0.1) is 0 Å². The molecule has 2 unspecified atom stereocenters. The van der Waals surface area contributed by atoms with Crippen LogP contribution in [0.2, 0.25) is 10.0 Å². The first-order chi connectivity index (χ1) is 15.7. The number of ether oxygens (including phenoxy) is 1. The van der Waals surface area contributed by atoms with Crippen LogP contribution in [0.1, 0.15) is 43.1 Å². The SMILES string of the molecule is CCCN(CC(=O)Nc1ccc(Cl)cc1Cl)C(=O)c1ccc(CN2CC(C)OC(C)C2)cc1. The van der Waals surface area contributed by atoms with Gasteiger partial charge in [-0.3, -0.25) is 14.5 Å². The Hall–Kier alpha value is -2.12. The van der Waals surface area contributed by atoms with Crippen LogP contribution in [-0.4, -0.2) is 60.0 Å². The molecule has 1 saturated heterocycles. The number of halogens is 2. The molecule has 0 aliphatic carbocycles. The summed E-state index contributed by atoms with van der Waals surface area (Å²) in [6.07, 6.45) is 1.17. The molecule has 8 heteroatoms. The highest BCUT2D eigenvalue weighted by Crippen LogP contribution is 2.25. The van der Waals surface area contributed by atoms with Gasteiger partial charge in [-0.2, -0.15) is 0 Å². The highest BCUT2D eigenvalue weighted by molar-refractivity contribution is 6.36. The topological polar surface area (TPSA) is 61.9 Å². The van der Waals surface area contributed by atoms with Gasteiger partial charge in [-0.1, -0.05) is 42.3 Å². The quantitative estimate of drug-likeness (QED) is 0.558. The zero-order valence-corrected chi connectivity index (χ0v) is 20.8. The number of amides is 2. The molecular weight excluding hydrogens is 461 g/mol. The summed E-state index contributed by atoms with van der Waals surface area (Å²) in [6.45, 7) is 9.16. The molecule has 2 aromatic rings. The van der Waals surface area contributed by atoms with Gasteiger partial charge in [-0.25, -0.2) is 0 Å². The number of nitrogens with one attached hydrogen (secondary N) is 1. The molecule has 0 aromatic heterocycles. The molecule has 1 aliphatic heterocycles. The fraction of sp³-hybridized carbons (Fsp3) is 0.440. The van der Waals surface area contributed by atoms with Gasteiger partial charge in [0.15, 0.2) is 0 Å². The van der Waals surface area contributed by atoms with E-state index in [1.54, 1.807) is 23.1 Å². The van der Waals surface area contributed by atoms with E-state index in [2.05, 4.69) is 24.1 Å². The third-order valence-corrected chi connectivity index (χ3v) is 5.97. The average Bonchev–Trinajstić information content (AvgIpc) is 2.75. The van der Waals surface area contributed by atoms with Gasteiger partial charge in [0.2, 0.25) is 5.91 Å². The van der Waals surface area contributed by atoms with Crippen molar-refractivity contribution in [2.75, 3.05) is 31.5 Å². The molecule has 0 bridgehead atoms. The first-order valence-electron chi connectivity index (χ1n) is 11.3. The first kappa shape index (κ1) is 25.5. The lowest BCUT2D eigenvalue weighted by Crippen LogP contribution is -2.44. The molecule has 1 aliphatic rings. The van der Waals surface area contributed by atoms with Crippen molar-refractivity contribution < 1.29 is 14.3 Å². The Kier molecular flexibility index (Phi) is 9.15. The second kappa shape index (κ2) is 11.8. The van der Waals surface area contributed by atoms with Crippen molar-refractivity contribution in [1.29, 1.82) is 0 Å². The van der Waals surface area contributed by atoms with Gasteiger partial charge < -0.3 is 15.0 Å². The lowest BCUT2D eigenvalue weighted by Gasteiger charge is -2.35. The van der Waals surface area contributed by atoms with E-state index in [4.69, 9.17) is 27.9 Å². The summed E-state index contributed by atoms with van der Waals surface area (Å²) in [6, 6.07) is 12.5. The zero-order chi connectivity index (χ0) is 24.0. The molecule has 0 saturated carbocycles. The van der Waals surface area contributed by atoms with Crippen molar-refractivity contribution in [3.8, 4) is 0 Å². The first-order valence-corrected chi connectivity index (χ1v) is 12.0. The van der Waals surface area contributed by atoms with E-state index in [0.29, 0.717) is 27.8 Å². The summed E-state index contributed by atoms with van der Waals surface area (Å²) >= 11 is 12.0. The van der Waals surface area contributed by atoms with Crippen LogP contribution in [0.15, 0.2) is 42.5 Å². The summed E-state index contributed by atoms with van der Waals surface area (Å²) in [4.78, 5) is 29.6. The highest BCUT2D eigenvalue weighted by Gasteiger charge is 2.23. The minimum Gasteiger partial charge on any atom is -0.373 e. The number of carbonyl (C=O) groups excluding carboxylic acids is 2. The largest absolute Gasteiger partial charge is 0.373 e. The van der Waals surface area contributed by atoms with E-state index >= 15 is 0 Å². The van der Waals surface area contributed by atoms with Gasteiger partial charge in [0, 0.05) is 36.8 Å². The summed E-state index contributed by atoms with van der Waals surface area (Å²) in [5.74, 6) is -0.484. The van der Waals surface area contributed by atoms with E-state index in [-0.39, 0.29) is 30.6 Å². The van der Waals surface area contributed by atoms with Gasteiger partial charge in [0.25, 0.3) is 5.91 Å². The third kappa shape index (κ3) is 7.44. The van der Waals surface area contributed by atoms with Crippen molar-refractivity contribution >= 4 is 40.7 Å². The normalized spacial score (nSPS) is 18.7. The van der Waals surface area contributed by atoms with Crippen molar-refractivity contribution in [1.82, 2.24) is 9.80 Å². The second-order valence-electron chi connectivity index (χ2n) is 8.55. The Labute approximate surface area is 205 Å². The third-order valence-electron chi connectivity index (χ3n) is 5.42. The van der Waals surface area contributed by atoms with Crippen molar-refractivity contribution in [2.45, 2.75) is 45.9 Å². The molecule has 2 aromatic carbocycles. The van der Waals surface area contributed by atoms with E-state index in [1.165, 1.54) is 0 Å². The average molecular weight is 492 g/mol. The predicted molar refractivity (Wildman–Crippen MR) is 133 cm³/mol. The Balaban J connectivity index is 1.62. The number of morpholine rings is 1. The maximum Gasteiger partial charge on any atom is 0.254 e. The van der Waals surface area contributed by atoms with E-state index in [0.717, 1.165) is 31.6 Å². The zero-order valence-electron chi connectivity index (χ0n) is 19.3. The molecule has 2 atom stereocenters. The number of carbonyl (C=O) groups is 2. The Morgan fingerprint density at radius 1 is 1.09 bits per heavy atom. The molecule has 2 amide bonds. The van der Waals surface area contributed by atoms with Crippen molar-refractivity contribution in [2.24, 2.45) is 0 Å². The molecule has 3 rings (SSSR count). The van der Waals surface area contributed by atoms with Crippen LogP contribution >= 0.6 is 23.2 Å². The van der Waals surface area contributed by atoms with Gasteiger partial charge in [0.05, 0.1) is 22.9 Å². The van der Waals surface area contributed by atoms with E-state index in [9.17, 15) is 9.59 Å². The number of hydrogen-bond acceptors (Lipinski definition) is 4. The monoisotopic (exact) mass is 491 g/mol. The Morgan fingerprint density at radius 3 is 2.36 bits per heavy atom. The molecule has 1 N–H and O–H groups in total. The van der Waals surface area contributed by atoms with Crippen LogP contribution in [-0.2, 0) is 16.1 Å². The number of rotatable bonds is 8. The summed E-state index contributed by atoms with van der Waals surface area (Å²) in [5.41, 5.74) is 2.17. The standard InChI is InChI=1S/C25H31Cl2N3O3/c1-4-11-30(16-24(31)28-23-10-9-21(26)12-22(23)27)25(32)20-7-5-19(6-8-20)15-29-13-17(2)33-18(3)14-29/h5-10,12,17-18H,4,11,13-16H2,1-3H3,(H,28,31). The molecule has 1 fully saturated rings. The van der Waals surface area contributed by atoms with Gasteiger partial charge in [-0.05, 0) is 56.2 Å². The number of hydrogen-bond donors (Lipinski definition) is 1. The van der Waals surface area contributed by atoms with Gasteiger partial charge >= 0.3 is 0 Å². The Bertz CT molecular complexity index is 958. The lowest BCUT2D eigenvalue weighted by atomic mass is 10.1. The highest BCUT2D eigenvalue weighted by atomic mass is 35.5. The molecule has 1 heterocycles. The van der Waals surface area contributed by atoms with Crippen molar-refractivity contribution in [3.63, 3.8) is 0 Å². The van der Waals surface area contributed by atoms with Crippen LogP contribution in [0.5, 0.6) is 0 Å². The van der Waals surface area contributed by atoms with Crippen molar-refractivity contribution in [3.05, 3.63) is 63.6 Å². The Morgan fingerprint density at radius 2 is 1.76 bits per heavy atom. The van der Waals surface area contributed by atoms with Crippen LogP contribution < -0.4 is 5.32 Å². The van der Waals surface area contributed by atoms with E-state index < -0.39 is 0 Å². The summed E-state index contributed by atoms with van der Waals surface area (Å²) in [5, 5.41) is 3.59. The van der Waals surface area contributed by atoms with Gasteiger partial charge in [0.1, 0.15) is 6.54 Å². The number of anilines is 1. The smallest absolute Gasteiger partial charge is 0.254 e. The van der Waals surface area contributed by atoms with E-state index in [1.807, 2.05) is 31.2 Å². The fourth-order valence-corrected chi connectivity index (χ4v) is 4.54. The maximum atomic E-state index is 13.1. The molecule has 178 valence electrons. The fourth-order valence-electron chi connectivity index (χ4n) is 4.08. The molecule has 0 spiro atoms. The minimum atomic E-state index is -0.312. The van der Waals surface area contributed by atoms with Crippen LogP contribution in [0.4, 0.5) is 5.69 Å². The molecule has 0 radical (unpaired) electrons. The molecule has 6 nitrogen and oxygen atoms in total. The minimum absolute atomic E-state index is 0.0586. The number of benzene rings is 2. The van der Waals surface area contributed by atoms with Crippen LogP contribution in [0.25, 0.3) is 0 Å². The lowest BCUT2D eigenvalue weighted by molar-refractivity contribution is -0.116. The van der Waals surface area contributed by atoms with Crippen LogP contribution in [0.3, 0.4) is 0 Å². The predicted octanol–water partition coefficient (Wildman–Crippen LogP) is 5.09. The second-order valence-corrected chi connectivity index (χ2v) is 9.39. The number of nitrogens with zero attached hydrogens (tertiary/aromatic N) is 2. The molecular formula is C25H31Cl2N3O3. The summed E-state index contributed by atoms with van der Waals surface area (Å²) < 4.78 is 5.80. The molecule has 33 heavy (non-hydrogen) atoms. The summed E-state index contributed by atoms with van der Waals surface area (Å²) in [7, 11) is 0. The maximum absolute atomic E-state index is 13.1.